The van der Waals surface area contributed by atoms with E-state index in [1.165, 1.54) is 77.0 Å². The molecule has 0 aromatic heterocycles. The van der Waals surface area contributed by atoms with Gasteiger partial charge in [-0.2, -0.15) is 0 Å². The number of phosphoric acid groups is 1. The molecule has 9 heteroatoms. The minimum absolute atomic E-state index is 0.194. The number of ether oxygens (including phenoxy) is 2. The van der Waals surface area contributed by atoms with Crippen LogP contribution in [-0.2, 0) is 28.2 Å². The van der Waals surface area contributed by atoms with Crippen molar-refractivity contribution < 1.29 is 37.9 Å². The van der Waals surface area contributed by atoms with E-state index < -0.39 is 32.5 Å². The summed E-state index contributed by atoms with van der Waals surface area (Å²) in [4.78, 5) is 42.7. The lowest BCUT2D eigenvalue weighted by Gasteiger charge is -2.18. The topological polar surface area (TPSA) is 119 Å². The van der Waals surface area contributed by atoms with Crippen LogP contribution in [0.25, 0.3) is 0 Å². The molecule has 0 aromatic rings. The number of allylic oxidation sites excluding steroid dienone is 6. The van der Waals surface area contributed by atoms with E-state index in [1.54, 1.807) is 0 Å². The average Bonchev–Trinajstić information content (AvgIpc) is 3.07. The first-order valence-electron chi connectivity index (χ1n) is 19.8. The van der Waals surface area contributed by atoms with Gasteiger partial charge < -0.3 is 19.3 Å². The third kappa shape index (κ3) is 38.9. The van der Waals surface area contributed by atoms with Gasteiger partial charge in [0.05, 0.1) is 6.61 Å². The van der Waals surface area contributed by atoms with Gasteiger partial charge in [-0.05, 0) is 70.6 Å². The first-order valence-corrected chi connectivity index (χ1v) is 21.3. The van der Waals surface area contributed by atoms with Crippen LogP contribution in [0.3, 0.4) is 0 Å². The summed E-state index contributed by atoms with van der Waals surface area (Å²) >= 11 is 0. The summed E-state index contributed by atoms with van der Waals surface area (Å²) in [6.07, 6.45) is 41.4. The van der Waals surface area contributed by atoms with Gasteiger partial charge in [0.25, 0.3) is 0 Å². The second-order valence-electron chi connectivity index (χ2n) is 13.2. The Hall–Kier alpha value is -1.73. The molecule has 0 bridgehead atoms. The quantitative estimate of drug-likeness (QED) is 0.0285. The first-order chi connectivity index (χ1) is 23.8. The molecule has 0 aliphatic carbocycles. The standard InChI is InChI=1S/C40H73O8P/c1-3-5-7-9-11-13-15-17-19-21-22-24-26-28-30-32-34-39(41)46-36-38(37-47-49(43,44)45)48-40(42)35-33-31-29-27-25-23-20-18-16-14-12-10-8-6-4-2/h12,14,18-21,38H,3-11,13,15-17,22-37H2,1-2H3,(H2,43,44,45)/b14-12-,20-18-,21-19-/t38-/m1/s1. The highest BCUT2D eigenvalue weighted by atomic mass is 31.2. The fourth-order valence-corrected chi connectivity index (χ4v) is 5.76. The summed E-state index contributed by atoms with van der Waals surface area (Å²) in [6.45, 7) is 3.63. The Morgan fingerprint density at radius 3 is 1.41 bits per heavy atom. The zero-order chi connectivity index (χ0) is 36.1. The van der Waals surface area contributed by atoms with Crippen molar-refractivity contribution in [3.05, 3.63) is 36.5 Å². The SMILES string of the molecule is CCCCC/C=C\C/C=C\CCCCCCCC(=O)O[C@H](COC(=O)CCCCCCC/C=C\CCCCCCCCC)COP(=O)(O)O. The van der Waals surface area contributed by atoms with Crippen LogP contribution in [0.15, 0.2) is 36.5 Å². The van der Waals surface area contributed by atoms with Gasteiger partial charge in [-0.1, -0.05) is 140 Å². The van der Waals surface area contributed by atoms with E-state index in [9.17, 15) is 14.2 Å². The number of esters is 2. The maximum Gasteiger partial charge on any atom is 0.469 e. The molecule has 8 nitrogen and oxygen atoms in total. The van der Waals surface area contributed by atoms with Crippen molar-refractivity contribution in [1.82, 2.24) is 0 Å². The molecule has 0 spiro atoms. The van der Waals surface area contributed by atoms with Crippen LogP contribution in [0.2, 0.25) is 0 Å². The van der Waals surface area contributed by atoms with Gasteiger partial charge in [0.2, 0.25) is 0 Å². The van der Waals surface area contributed by atoms with E-state index >= 15 is 0 Å². The molecule has 0 aromatic carbocycles. The van der Waals surface area contributed by atoms with Crippen LogP contribution in [0, 0.1) is 0 Å². The molecule has 49 heavy (non-hydrogen) atoms. The molecule has 0 heterocycles. The maximum absolute atomic E-state index is 12.4. The van der Waals surface area contributed by atoms with Crippen molar-refractivity contribution in [3.8, 4) is 0 Å². The Morgan fingerprint density at radius 2 is 0.918 bits per heavy atom. The summed E-state index contributed by atoms with van der Waals surface area (Å²) in [7, 11) is -4.76. The second-order valence-corrected chi connectivity index (χ2v) is 14.5. The van der Waals surface area contributed by atoms with Gasteiger partial charge in [-0.15, -0.1) is 0 Å². The molecule has 0 rings (SSSR count). The number of hydrogen-bond donors (Lipinski definition) is 2. The summed E-state index contributed by atoms with van der Waals surface area (Å²) in [5, 5.41) is 0. The van der Waals surface area contributed by atoms with E-state index in [0.29, 0.717) is 12.8 Å². The molecule has 1 atom stereocenters. The molecular formula is C40H73O8P. The highest BCUT2D eigenvalue weighted by Gasteiger charge is 2.22. The van der Waals surface area contributed by atoms with Gasteiger partial charge in [0, 0.05) is 12.8 Å². The monoisotopic (exact) mass is 713 g/mol. The molecule has 2 N–H and O–H groups in total. The lowest BCUT2D eigenvalue weighted by molar-refractivity contribution is -0.161. The number of carbonyl (C=O) groups excluding carboxylic acids is 2. The zero-order valence-electron chi connectivity index (χ0n) is 31.3. The minimum atomic E-state index is -4.76. The van der Waals surface area contributed by atoms with Crippen LogP contribution in [0.5, 0.6) is 0 Å². The second kappa shape index (κ2) is 36.1. The fourth-order valence-electron chi connectivity index (χ4n) is 5.40. The Balaban J connectivity index is 3.98. The molecule has 0 saturated carbocycles. The van der Waals surface area contributed by atoms with Crippen molar-refractivity contribution in [2.45, 2.75) is 193 Å². The highest BCUT2D eigenvalue weighted by Crippen LogP contribution is 2.36. The Morgan fingerprint density at radius 1 is 0.531 bits per heavy atom. The Kier molecular flexibility index (Phi) is 34.8. The highest BCUT2D eigenvalue weighted by molar-refractivity contribution is 7.46. The number of unbranched alkanes of at least 4 members (excludes halogenated alkanes) is 20. The molecule has 0 aliphatic heterocycles. The van der Waals surface area contributed by atoms with E-state index in [4.69, 9.17) is 19.3 Å². The number of carbonyl (C=O) groups is 2. The third-order valence-corrected chi connectivity index (χ3v) is 8.87. The number of phosphoric ester groups is 1. The van der Waals surface area contributed by atoms with Gasteiger partial charge in [0.15, 0.2) is 6.10 Å². The van der Waals surface area contributed by atoms with Crippen LogP contribution < -0.4 is 0 Å². The van der Waals surface area contributed by atoms with Crippen molar-refractivity contribution in [2.75, 3.05) is 13.2 Å². The minimum Gasteiger partial charge on any atom is -0.462 e. The third-order valence-electron chi connectivity index (χ3n) is 8.38. The van der Waals surface area contributed by atoms with Crippen LogP contribution in [0.1, 0.15) is 187 Å². The summed E-state index contributed by atoms with van der Waals surface area (Å²) < 4.78 is 26.3. The summed E-state index contributed by atoms with van der Waals surface area (Å²) in [5.74, 6) is -0.909. The van der Waals surface area contributed by atoms with E-state index in [-0.39, 0.29) is 19.4 Å². The number of rotatable bonds is 36. The predicted octanol–water partition coefficient (Wildman–Crippen LogP) is 11.8. The summed E-state index contributed by atoms with van der Waals surface area (Å²) in [6, 6.07) is 0. The Bertz CT molecular complexity index is 895. The van der Waals surface area contributed by atoms with Crippen molar-refractivity contribution in [1.29, 1.82) is 0 Å². The molecule has 286 valence electrons. The van der Waals surface area contributed by atoms with Crippen LogP contribution in [0.4, 0.5) is 0 Å². The van der Waals surface area contributed by atoms with Crippen LogP contribution in [-0.4, -0.2) is 41.0 Å². The van der Waals surface area contributed by atoms with Gasteiger partial charge in [-0.25, -0.2) is 4.57 Å². The van der Waals surface area contributed by atoms with Crippen molar-refractivity contribution in [2.24, 2.45) is 0 Å². The smallest absolute Gasteiger partial charge is 0.462 e. The maximum atomic E-state index is 12.4. The van der Waals surface area contributed by atoms with Crippen molar-refractivity contribution in [3.63, 3.8) is 0 Å². The Labute approximate surface area is 300 Å². The van der Waals surface area contributed by atoms with Gasteiger partial charge in [0.1, 0.15) is 6.61 Å². The molecule has 0 aliphatic rings. The largest absolute Gasteiger partial charge is 0.469 e. The van der Waals surface area contributed by atoms with E-state index in [1.807, 2.05) is 0 Å². The van der Waals surface area contributed by atoms with E-state index in [2.05, 4.69) is 54.8 Å². The van der Waals surface area contributed by atoms with Gasteiger partial charge in [-0.3, -0.25) is 14.1 Å². The average molecular weight is 713 g/mol. The van der Waals surface area contributed by atoms with Crippen LogP contribution >= 0.6 is 7.82 Å². The summed E-state index contributed by atoms with van der Waals surface area (Å²) in [5.41, 5.74) is 0. The zero-order valence-corrected chi connectivity index (χ0v) is 32.2. The van der Waals surface area contributed by atoms with Gasteiger partial charge >= 0.3 is 19.8 Å². The predicted molar refractivity (Wildman–Crippen MR) is 202 cm³/mol. The molecule has 0 radical (unpaired) electrons. The lowest BCUT2D eigenvalue weighted by Crippen LogP contribution is -2.29. The van der Waals surface area contributed by atoms with E-state index in [0.717, 1.165) is 70.6 Å². The normalized spacial score (nSPS) is 12.8. The molecular weight excluding hydrogens is 639 g/mol. The first kappa shape index (κ1) is 47.3. The fraction of sp³-hybridized carbons (Fsp3) is 0.800. The molecule has 0 unspecified atom stereocenters. The molecule has 0 fully saturated rings. The van der Waals surface area contributed by atoms with Crippen molar-refractivity contribution >= 4 is 19.8 Å². The number of hydrogen-bond acceptors (Lipinski definition) is 6. The molecule has 0 saturated heterocycles. The lowest BCUT2D eigenvalue weighted by atomic mass is 10.1. The molecule has 0 amide bonds.